The van der Waals surface area contributed by atoms with E-state index < -0.39 is 5.91 Å². The molecule has 5 nitrogen and oxygen atoms in total. The Morgan fingerprint density at radius 1 is 0.742 bits per heavy atom. The van der Waals surface area contributed by atoms with Gasteiger partial charge in [0.1, 0.15) is 23.0 Å². The number of para-hydroxylation sites is 1. The van der Waals surface area contributed by atoms with Crippen molar-refractivity contribution in [3.8, 4) is 23.0 Å². The Hall–Kier alpha value is -3.90. The number of hydrogen-bond donors (Lipinski definition) is 3. The van der Waals surface area contributed by atoms with Crippen LogP contribution in [0.2, 0.25) is 0 Å². The molecule has 0 atom stereocenters. The maximum Gasteiger partial charge on any atom is 0.259 e. The molecule has 154 valence electrons. The lowest BCUT2D eigenvalue weighted by Gasteiger charge is -2.10. The number of ether oxygens (including phenoxy) is 1. The SMILES string of the molecule is O=C(Nc1cccc(Oc2ccc(Sc3ccc(O)cc3)cc2)c1)c1ccccc1O. The normalized spacial score (nSPS) is 10.5. The molecule has 4 rings (SSSR count). The molecular weight excluding hydrogens is 410 g/mol. The monoisotopic (exact) mass is 429 g/mol. The molecule has 3 N–H and O–H groups in total. The molecule has 4 aromatic rings. The van der Waals surface area contributed by atoms with Crippen LogP contribution in [0.1, 0.15) is 10.4 Å². The number of benzene rings is 4. The summed E-state index contributed by atoms with van der Waals surface area (Å²) >= 11 is 1.59. The molecule has 0 unspecified atom stereocenters. The number of phenols is 2. The number of carbonyl (C=O) groups is 1. The fourth-order valence-electron chi connectivity index (χ4n) is 2.86. The van der Waals surface area contributed by atoms with E-state index in [-0.39, 0.29) is 17.1 Å². The largest absolute Gasteiger partial charge is 0.508 e. The van der Waals surface area contributed by atoms with Gasteiger partial charge in [0.25, 0.3) is 5.91 Å². The van der Waals surface area contributed by atoms with Crippen molar-refractivity contribution in [2.45, 2.75) is 9.79 Å². The van der Waals surface area contributed by atoms with Crippen molar-refractivity contribution in [2.75, 3.05) is 5.32 Å². The van der Waals surface area contributed by atoms with Gasteiger partial charge in [-0.2, -0.15) is 0 Å². The van der Waals surface area contributed by atoms with Crippen molar-refractivity contribution in [2.24, 2.45) is 0 Å². The predicted molar refractivity (Wildman–Crippen MR) is 121 cm³/mol. The summed E-state index contributed by atoms with van der Waals surface area (Å²) in [4.78, 5) is 14.5. The average molecular weight is 429 g/mol. The van der Waals surface area contributed by atoms with Gasteiger partial charge < -0.3 is 20.3 Å². The van der Waals surface area contributed by atoms with Crippen LogP contribution in [0.3, 0.4) is 0 Å². The lowest BCUT2D eigenvalue weighted by Crippen LogP contribution is -2.11. The molecule has 0 aliphatic heterocycles. The summed E-state index contributed by atoms with van der Waals surface area (Å²) in [5.74, 6) is 1.02. The van der Waals surface area contributed by atoms with E-state index in [0.29, 0.717) is 17.2 Å². The molecule has 4 aromatic carbocycles. The van der Waals surface area contributed by atoms with Crippen molar-refractivity contribution < 1.29 is 19.7 Å². The summed E-state index contributed by atoms with van der Waals surface area (Å²) in [6.45, 7) is 0. The zero-order valence-corrected chi connectivity index (χ0v) is 17.2. The summed E-state index contributed by atoms with van der Waals surface area (Å²) in [5, 5.41) is 22.0. The van der Waals surface area contributed by atoms with Gasteiger partial charge >= 0.3 is 0 Å². The first-order chi connectivity index (χ1) is 15.1. The zero-order chi connectivity index (χ0) is 21.6. The maximum atomic E-state index is 12.4. The van der Waals surface area contributed by atoms with Crippen LogP contribution in [0.25, 0.3) is 0 Å². The van der Waals surface area contributed by atoms with Crippen molar-refractivity contribution in [1.82, 2.24) is 0 Å². The number of hydrogen-bond acceptors (Lipinski definition) is 5. The zero-order valence-electron chi connectivity index (χ0n) is 16.4. The number of rotatable bonds is 6. The third kappa shape index (κ3) is 5.38. The third-order valence-corrected chi connectivity index (χ3v) is 5.39. The van der Waals surface area contributed by atoms with E-state index in [2.05, 4.69) is 5.32 Å². The molecule has 6 heteroatoms. The molecule has 0 spiro atoms. The first-order valence-corrected chi connectivity index (χ1v) is 10.3. The van der Waals surface area contributed by atoms with Crippen LogP contribution in [0.4, 0.5) is 5.69 Å². The quantitative estimate of drug-likeness (QED) is 0.335. The third-order valence-electron chi connectivity index (χ3n) is 4.37. The van der Waals surface area contributed by atoms with E-state index in [9.17, 15) is 15.0 Å². The molecule has 1 amide bonds. The lowest BCUT2D eigenvalue weighted by molar-refractivity contribution is 0.102. The number of carbonyl (C=O) groups excluding carboxylic acids is 1. The molecule has 0 fully saturated rings. The summed E-state index contributed by atoms with van der Waals surface area (Å²) in [6.07, 6.45) is 0. The van der Waals surface area contributed by atoms with Crippen LogP contribution in [-0.4, -0.2) is 16.1 Å². The highest BCUT2D eigenvalue weighted by Crippen LogP contribution is 2.31. The van der Waals surface area contributed by atoms with Crippen LogP contribution in [-0.2, 0) is 0 Å². The van der Waals surface area contributed by atoms with Gasteiger partial charge in [0, 0.05) is 21.5 Å². The van der Waals surface area contributed by atoms with Gasteiger partial charge in [-0.05, 0) is 72.8 Å². The molecule has 0 aliphatic rings. The molecular formula is C25H19NO4S. The van der Waals surface area contributed by atoms with Crippen LogP contribution in [0.5, 0.6) is 23.0 Å². The molecule has 0 saturated heterocycles. The number of phenolic OH excluding ortho intramolecular Hbond substituents is 2. The Kier molecular flexibility index (Phi) is 6.10. The minimum atomic E-state index is -0.397. The Morgan fingerprint density at radius 2 is 1.42 bits per heavy atom. The van der Waals surface area contributed by atoms with Crippen LogP contribution < -0.4 is 10.1 Å². The minimum absolute atomic E-state index is 0.0716. The lowest BCUT2D eigenvalue weighted by atomic mass is 10.2. The molecule has 0 radical (unpaired) electrons. The standard InChI is InChI=1S/C25H19NO4S/c27-18-8-12-21(13-9-18)31-22-14-10-19(11-15-22)30-20-5-3-4-17(16-20)26-25(29)23-6-1-2-7-24(23)28/h1-16,27-28H,(H,26,29). The molecule has 31 heavy (non-hydrogen) atoms. The molecule has 0 heterocycles. The summed E-state index contributed by atoms with van der Waals surface area (Å²) in [5.41, 5.74) is 0.765. The van der Waals surface area contributed by atoms with Crippen LogP contribution in [0.15, 0.2) is 107 Å². The summed E-state index contributed by atoms with van der Waals surface area (Å²) in [7, 11) is 0. The van der Waals surface area contributed by atoms with Crippen molar-refractivity contribution >= 4 is 23.4 Å². The van der Waals surface area contributed by atoms with Crippen molar-refractivity contribution in [3.05, 3.63) is 103 Å². The number of amides is 1. The highest BCUT2D eigenvalue weighted by atomic mass is 32.2. The van der Waals surface area contributed by atoms with Gasteiger partial charge in [-0.1, -0.05) is 30.0 Å². The minimum Gasteiger partial charge on any atom is -0.508 e. The summed E-state index contributed by atoms with van der Waals surface area (Å²) < 4.78 is 5.91. The first-order valence-electron chi connectivity index (χ1n) is 9.51. The van der Waals surface area contributed by atoms with Crippen LogP contribution >= 0.6 is 11.8 Å². The van der Waals surface area contributed by atoms with Crippen molar-refractivity contribution in [1.29, 1.82) is 0 Å². The van der Waals surface area contributed by atoms with E-state index in [4.69, 9.17) is 4.74 Å². The fraction of sp³-hybridized carbons (Fsp3) is 0. The highest BCUT2D eigenvalue weighted by Gasteiger charge is 2.11. The smallest absolute Gasteiger partial charge is 0.259 e. The average Bonchev–Trinajstić information content (AvgIpc) is 2.77. The number of nitrogens with one attached hydrogen (secondary N) is 1. The van der Waals surface area contributed by atoms with Gasteiger partial charge in [-0.15, -0.1) is 0 Å². The van der Waals surface area contributed by atoms with Crippen molar-refractivity contribution in [3.63, 3.8) is 0 Å². The Labute approximate surface area is 184 Å². The van der Waals surface area contributed by atoms with Gasteiger partial charge in [0.2, 0.25) is 0 Å². The molecule has 0 aliphatic carbocycles. The Morgan fingerprint density at radius 3 is 2.13 bits per heavy atom. The van der Waals surface area contributed by atoms with E-state index in [0.717, 1.165) is 9.79 Å². The van der Waals surface area contributed by atoms with Gasteiger partial charge in [-0.3, -0.25) is 4.79 Å². The van der Waals surface area contributed by atoms with E-state index >= 15 is 0 Å². The maximum absolute atomic E-state index is 12.4. The molecule has 0 aromatic heterocycles. The first kappa shape index (κ1) is 20.4. The fourth-order valence-corrected chi connectivity index (χ4v) is 3.68. The highest BCUT2D eigenvalue weighted by molar-refractivity contribution is 7.99. The predicted octanol–water partition coefficient (Wildman–Crippen LogP) is 6.29. The second-order valence-electron chi connectivity index (χ2n) is 6.67. The molecule has 0 bridgehead atoms. The van der Waals surface area contributed by atoms with Gasteiger partial charge in [-0.25, -0.2) is 0 Å². The summed E-state index contributed by atoms with van der Waals surface area (Å²) in [6, 6.07) is 28.1. The van der Waals surface area contributed by atoms with E-state index in [1.165, 1.54) is 6.07 Å². The van der Waals surface area contributed by atoms with E-state index in [1.54, 1.807) is 66.4 Å². The number of anilines is 1. The number of aromatic hydroxyl groups is 2. The molecule has 0 saturated carbocycles. The Bertz CT molecular complexity index is 1190. The second-order valence-corrected chi connectivity index (χ2v) is 7.82. The van der Waals surface area contributed by atoms with E-state index in [1.807, 2.05) is 36.4 Å². The van der Waals surface area contributed by atoms with Gasteiger partial charge in [0.05, 0.1) is 5.56 Å². The Balaban J connectivity index is 1.41. The topological polar surface area (TPSA) is 78.8 Å². The van der Waals surface area contributed by atoms with Crippen LogP contribution in [0, 0.1) is 0 Å². The van der Waals surface area contributed by atoms with Gasteiger partial charge in [0.15, 0.2) is 0 Å². The second kappa shape index (κ2) is 9.28.